The Hall–Kier alpha value is -0.940. The molecule has 1 unspecified atom stereocenters. The van der Waals surface area contributed by atoms with Crippen LogP contribution in [0.4, 0.5) is 0 Å². The van der Waals surface area contributed by atoms with Crippen LogP contribution < -0.4 is 5.32 Å². The summed E-state index contributed by atoms with van der Waals surface area (Å²) in [6, 6.07) is 0. The molecule has 1 aromatic heterocycles. The topological polar surface area (TPSA) is 46.0 Å². The number of nitrogens with one attached hydrogen (secondary N) is 1. The maximum atomic E-state index is 4.17. The van der Waals surface area contributed by atoms with Gasteiger partial charge in [-0.2, -0.15) is 0 Å². The second-order valence-corrected chi connectivity index (χ2v) is 5.31. The van der Waals surface area contributed by atoms with Gasteiger partial charge in [0.15, 0.2) is 0 Å². The molecule has 1 fully saturated rings. The van der Waals surface area contributed by atoms with Gasteiger partial charge in [0.05, 0.1) is 6.54 Å². The molecule has 1 aliphatic heterocycles. The van der Waals surface area contributed by atoms with Crippen LogP contribution in [0.1, 0.15) is 32.0 Å². The monoisotopic (exact) mass is 251 g/mol. The van der Waals surface area contributed by atoms with E-state index >= 15 is 0 Å². The van der Waals surface area contributed by atoms with Gasteiger partial charge >= 0.3 is 0 Å². The number of hydrogen-bond acceptors (Lipinski definition) is 4. The second kappa shape index (κ2) is 6.85. The molecule has 0 aliphatic carbocycles. The molecular formula is C13H25N5. The van der Waals surface area contributed by atoms with Crippen LogP contribution in [0.3, 0.4) is 0 Å². The van der Waals surface area contributed by atoms with Crippen LogP contribution in [-0.4, -0.2) is 45.8 Å². The third-order valence-corrected chi connectivity index (χ3v) is 3.63. The van der Waals surface area contributed by atoms with E-state index in [4.69, 9.17) is 0 Å². The van der Waals surface area contributed by atoms with Crippen molar-refractivity contribution in [3.05, 3.63) is 12.2 Å². The molecule has 0 saturated carbocycles. The second-order valence-electron chi connectivity index (χ2n) is 5.31. The van der Waals surface area contributed by atoms with Crippen molar-refractivity contribution < 1.29 is 0 Å². The van der Waals surface area contributed by atoms with E-state index in [9.17, 15) is 0 Å². The molecule has 0 bridgehead atoms. The lowest BCUT2D eigenvalue weighted by Gasteiger charge is -2.32. The molecule has 0 spiro atoms. The molecule has 18 heavy (non-hydrogen) atoms. The SMILES string of the molecule is CCCNCC1CCCN(Cc2nncn2C)C1. The standard InChI is InChI=1S/C13H25N5/c1-3-6-14-8-12-5-4-7-18(9-12)10-13-16-15-11-17(13)2/h11-12,14H,3-10H2,1-2H3. The summed E-state index contributed by atoms with van der Waals surface area (Å²) >= 11 is 0. The van der Waals surface area contributed by atoms with Gasteiger partial charge in [0.1, 0.15) is 12.2 Å². The molecule has 1 saturated heterocycles. The maximum absolute atomic E-state index is 4.17. The first kappa shape index (κ1) is 13.5. The van der Waals surface area contributed by atoms with Gasteiger partial charge < -0.3 is 9.88 Å². The Morgan fingerprint density at radius 2 is 2.39 bits per heavy atom. The van der Waals surface area contributed by atoms with E-state index in [1.807, 2.05) is 11.6 Å². The fraction of sp³-hybridized carbons (Fsp3) is 0.846. The average molecular weight is 251 g/mol. The van der Waals surface area contributed by atoms with E-state index in [1.54, 1.807) is 6.33 Å². The molecule has 0 aromatic carbocycles. The minimum atomic E-state index is 0.790. The first-order chi connectivity index (χ1) is 8.79. The van der Waals surface area contributed by atoms with Crippen molar-refractivity contribution in [3.8, 4) is 0 Å². The summed E-state index contributed by atoms with van der Waals surface area (Å²) in [7, 11) is 2.01. The van der Waals surface area contributed by atoms with Crippen LogP contribution in [0.2, 0.25) is 0 Å². The van der Waals surface area contributed by atoms with E-state index < -0.39 is 0 Å². The molecule has 2 heterocycles. The summed E-state index contributed by atoms with van der Waals surface area (Å²) in [5.74, 6) is 1.86. The van der Waals surface area contributed by atoms with Gasteiger partial charge in [-0.3, -0.25) is 4.90 Å². The molecular weight excluding hydrogens is 226 g/mol. The number of aromatic nitrogens is 3. The van der Waals surface area contributed by atoms with E-state index in [0.29, 0.717) is 0 Å². The van der Waals surface area contributed by atoms with Crippen LogP contribution in [0.25, 0.3) is 0 Å². The third kappa shape index (κ3) is 3.78. The summed E-state index contributed by atoms with van der Waals surface area (Å²) in [6.45, 7) is 7.82. The lowest BCUT2D eigenvalue weighted by Crippen LogP contribution is -2.39. The summed E-state index contributed by atoms with van der Waals surface area (Å²) < 4.78 is 2.01. The molecule has 0 radical (unpaired) electrons. The van der Waals surface area contributed by atoms with Crippen molar-refractivity contribution in [3.63, 3.8) is 0 Å². The highest BCUT2D eigenvalue weighted by atomic mass is 15.3. The van der Waals surface area contributed by atoms with Crippen LogP contribution >= 0.6 is 0 Å². The summed E-state index contributed by atoms with van der Waals surface area (Å²) in [5, 5.41) is 11.6. The summed E-state index contributed by atoms with van der Waals surface area (Å²) in [6.07, 6.45) is 5.65. The van der Waals surface area contributed by atoms with Crippen LogP contribution in [0.15, 0.2) is 6.33 Å². The Balaban J connectivity index is 1.78. The Labute approximate surface area is 110 Å². The van der Waals surface area contributed by atoms with Gasteiger partial charge in [0, 0.05) is 13.6 Å². The first-order valence-corrected chi connectivity index (χ1v) is 7.05. The average Bonchev–Trinajstić information content (AvgIpc) is 2.76. The van der Waals surface area contributed by atoms with Crippen LogP contribution in [0, 0.1) is 5.92 Å². The normalized spacial score (nSPS) is 21.3. The Kier molecular flexibility index (Phi) is 5.13. The van der Waals surface area contributed by atoms with Gasteiger partial charge in [0.25, 0.3) is 0 Å². The first-order valence-electron chi connectivity index (χ1n) is 7.05. The molecule has 1 atom stereocenters. The molecule has 1 aliphatic rings. The van der Waals surface area contributed by atoms with E-state index in [-0.39, 0.29) is 0 Å². The van der Waals surface area contributed by atoms with Gasteiger partial charge in [-0.15, -0.1) is 10.2 Å². The minimum absolute atomic E-state index is 0.790. The van der Waals surface area contributed by atoms with E-state index in [1.165, 1.54) is 32.4 Å². The lowest BCUT2D eigenvalue weighted by molar-refractivity contribution is 0.160. The van der Waals surface area contributed by atoms with Crippen LogP contribution in [0.5, 0.6) is 0 Å². The zero-order valence-electron chi connectivity index (χ0n) is 11.6. The maximum Gasteiger partial charge on any atom is 0.146 e. The number of aryl methyl sites for hydroxylation is 1. The third-order valence-electron chi connectivity index (χ3n) is 3.63. The van der Waals surface area contributed by atoms with Crippen molar-refractivity contribution in [1.82, 2.24) is 25.0 Å². The van der Waals surface area contributed by atoms with Gasteiger partial charge in [-0.25, -0.2) is 0 Å². The number of likely N-dealkylation sites (tertiary alicyclic amines) is 1. The fourth-order valence-electron chi connectivity index (χ4n) is 2.59. The Bertz CT molecular complexity index is 349. The highest BCUT2D eigenvalue weighted by Crippen LogP contribution is 2.17. The zero-order valence-corrected chi connectivity index (χ0v) is 11.6. The molecule has 2 rings (SSSR count). The van der Waals surface area contributed by atoms with E-state index in [0.717, 1.165) is 31.4 Å². The molecule has 5 heteroatoms. The summed E-state index contributed by atoms with van der Waals surface area (Å²) in [4.78, 5) is 2.51. The Morgan fingerprint density at radius 1 is 1.50 bits per heavy atom. The molecule has 1 N–H and O–H groups in total. The van der Waals surface area contributed by atoms with Gasteiger partial charge in [-0.05, 0) is 44.8 Å². The number of rotatable bonds is 6. The minimum Gasteiger partial charge on any atom is -0.320 e. The molecule has 102 valence electrons. The highest BCUT2D eigenvalue weighted by Gasteiger charge is 2.20. The fourth-order valence-corrected chi connectivity index (χ4v) is 2.59. The van der Waals surface area contributed by atoms with Crippen LogP contribution in [-0.2, 0) is 13.6 Å². The van der Waals surface area contributed by atoms with Crippen molar-refractivity contribution in [2.75, 3.05) is 26.2 Å². The van der Waals surface area contributed by atoms with Crippen molar-refractivity contribution in [2.45, 2.75) is 32.7 Å². The van der Waals surface area contributed by atoms with Crippen molar-refractivity contribution in [1.29, 1.82) is 0 Å². The molecule has 5 nitrogen and oxygen atoms in total. The van der Waals surface area contributed by atoms with Gasteiger partial charge in [-0.1, -0.05) is 6.92 Å². The number of piperidine rings is 1. The summed E-state index contributed by atoms with van der Waals surface area (Å²) in [5.41, 5.74) is 0. The largest absolute Gasteiger partial charge is 0.320 e. The predicted octanol–water partition coefficient (Wildman–Crippen LogP) is 1.03. The molecule has 1 aromatic rings. The Morgan fingerprint density at radius 3 is 3.11 bits per heavy atom. The molecule has 0 amide bonds. The quantitative estimate of drug-likeness (QED) is 0.767. The number of hydrogen-bond donors (Lipinski definition) is 1. The highest BCUT2D eigenvalue weighted by molar-refractivity contribution is 4.86. The lowest BCUT2D eigenvalue weighted by atomic mass is 9.98. The van der Waals surface area contributed by atoms with Gasteiger partial charge in [0.2, 0.25) is 0 Å². The van der Waals surface area contributed by atoms with Crippen molar-refractivity contribution >= 4 is 0 Å². The number of nitrogens with zero attached hydrogens (tertiary/aromatic N) is 4. The predicted molar refractivity (Wildman–Crippen MR) is 72.2 cm³/mol. The smallest absolute Gasteiger partial charge is 0.146 e. The zero-order chi connectivity index (χ0) is 12.8. The van der Waals surface area contributed by atoms with E-state index in [2.05, 4.69) is 27.3 Å². The van der Waals surface area contributed by atoms with Crippen molar-refractivity contribution in [2.24, 2.45) is 13.0 Å².